The van der Waals surface area contributed by atoms with Crippen LogP contribution in [0.5, 0.6) is 0 Å². The van der Waals surface area contributed by atoms with E-state index in [1.54, 1.807) is 6.20 Å². The molecule has 9 heteroatoms. The third-order valence-corrected chi connectivity index (χ3v) is 2.70. The summed E-state index contributed by atoms with van der Waals surface area (Å²) in [5.41, 5.74) is 0.941. The molecule has 0 saturated carbocycles. The van der Waals surface area contributed by atoms with Gasteiger partial charge in [0.2, 0.25) is 0 Å². The number of hydrogen-bond donors (Lipinski definition) is 2. The summed E-state index contributed by atoms with van der Waals surface area (Å²) in [5, 5.41) is 39.1. The zero-order chi connectivity index (χ0) is 15.2. The minimum absolute atomic E-state index is 0.0443. The number of aromatic nitrogens is 3. The Labute approximate surface area is 119 Å². The van der Waals surface area contributed by atoms with Crippen LogP contribution in [-0.4, -0.2) is 31.6 Å². The summed E-state index contributed by atoms with van der Waals surface area (Å²) in [6.45, 7) is 0.541. The predicted octanol–water partition coefficient (Wildman–Crippen LogP) is 0.662. The van der Waals surface area contributed by atoms with Gasteiger partial charge in [-0.2, -0.15) is 5.26 Å². The number of hydrogen-bond acceptors (Lipinski definition) is 7. The van der Waals surface area contributed by atoms with Crippen molar-refractivity contribution in [2.45, 2.75) is 13.1 Å². The molecular formula is C12H12N6O3. The summed E-state index contributed by atoms with van der Waals surface area (Å²) in [7, 11) is 0. The quantitative estimate of drug-likeness (QED) is 0.589. The van der Waals surface area contributed by atoms with Gasteiger partial charge < -0.3 is 10.4 Å². The van der Waals surface area contributed by atoms with E-state index in [-0.39, 0.29) is 24.4 Å². The van der Waals surface area contributed by atoms with E-state index >= 15 is 0 Å². The molecule has 0 aliphatic heterocycles. The molecule has 108 valence electrons. The van der Waals surface area contributed by atoms with Crippen LogP contribution < -0.4 is 5.32 Å². The molecule has 0 aliphatic carbocycles. The molecule has 9 nitrogen and oxygen atoms in total. The third kappa shape index (κ3) is 3.52. The number of benzene rings is 1. The number of nitro benzene ring substituents is 1. The average Bonchev–Trinajstić information content (AvgIpc) is 2.93. The third-order valence-electron chi connectivity index (χ3n) is 2.70. The van der Waals surface area contributed by atoms with E-state index in [1.807, 2.05) is 6.07 Å². The number of anilines is 1. The van der Waals surface area contributed by atoms with E-state index in [0.717, 1.165) is 0 Å². The van der Waals surface area contributed by atoms with Crippen LogP contribution in [0, 0.1) is 21.4 Å². The normalized spacial score (nSPS) is 10.1. The van der Waals surface area contributed by atoms with E-state index in [4.69, 9.17) is 10.4 Å². The Morgan fingerprint density at radius 2 is 2.33 bits per heavy atom. The first-order chi connectivity index (χ1) is 10.1. The maximum Gasteiger partial charge on any atom is 0.293 e. The number of aliphatic hydroxyl groups is 1. The Morgan fingerprint density at radius 3 is 3.00 bits per heavy atom. The first-order valence-corrected chi connectivity index (χ1v) is 6.06. The molecule has 0 atom stereocenters. The minimum atomic E-state index is -0.550. The second kappa shape index (κ2) is 6.44. The highest BCUT2D eigenvalue weighted by Gasteiger charge is 2.14. The maximum atomic E-state index is 11.0. The number of nitrogens with one attached hydrogen (secondary N) is 1. The zero-order valence-electron chi connectivity index (χ0n) is 10.9. The standard InChI is InChI=1S/C12H12N6O3/c13-6-9-1-2-11(12(5-9)18(20)21)14-7-10-8-17(3-4-19)16-15-10/h1-2,5,8,14,19H,3-4,7H2. The monoisotopic (exact) mass is 288 g/mol. The van der Waals surface area contributed by atoms with Crippen molar-refractivity contribution in [1.29, 1.82) is 5.26 Å². The van der Waals surface area contributed by atoms with Gasteiger partial charge in [-0.15, -0.1) is 5.10 Å². The Bertz CT molecular complexity index is 691. The lowest BCUT2D eigenvalue weighted by molar-refractivity contribution is -0.384. The summed E-state index contributed by atoms with van der Waals surface area (Å²) in [6.07, 6.45) is 1.64. The number of nitriles is 1. The van der Waals surface area contributed by atoms with Crippen molar-refractivity contribution >= 4 is 11.4 Å². The first-order valence-electron chi connectivity index (χ1n) is 6.06. The molecule has 0 spiro atoms. The molecule has 2 N–H and O–H groups in total. The van der Waals surface area contributed by atoms with Crippen LogP contribution in [-0.2, 0) is 13.1 Å². The van der Waals surface area contributed by atoms with Gasteiger partial charge in [-0.25, -0.2) is 4.68 Å². The average molecular weight is 288 g/mol. The van der Waals surface area contributed by atoms with E-state index in [1.165, 1.54) is 22.9 Å². The highest BCUT2D eigenvalue weighted by molar-refractivity contribution is 5.64. The predicted molar refractivity (Wildman–Crippen MR) is 72.2 cm³/mol. The fourth-order valence-electron chi connectivity index (χ4n) is 1.72. The van der Waals surface area contributed by atoms with Crippen LogP contribution in [0.15, 0.2) is 24.4 Å². The molecule has 2 aromatic rings. The van der Waals surface area contributed by atoms with Gasteiger partial charge in [0.25, 0.3) is 5.69 Å². The topological polar surface area (TPSA) is 130 Å². The molecule has 0 fully saturated rings. The van der Waals surface area contributed by atoms with Gasteiger partial charge in [0, 0.05) is 6.07 Å². The summed E-state index contributed by atoms with van der Waals surface area (Å²) >= 11 is 0. The Hall–Kier alpha value is -2.99. The SMILES string of the molecule is N#Cc1ccc(NCc2cn(CCO)nn2)c([N+](=O)[O-])c1. The Morgan fingerprint density at radius 1 is 1.52 bits per heavy atom. The van der Waals surface area contributed by atoms with E-state index < -0.39 is 4.92 Å². The molecule has 21 heavy (non-hydrogen) atoms. The van der Waals surface area contributed by atoms with Gasteiger partial charge in [0.1, 0.15) is 11.4 Å². The Balaban J connectivity index is 2.12. The molecule has 1 aromatic carbocycles. The molecule has 0 unspecified atom stereocenters. The number of aliphatic hydroxyl groups excluding tert-OH is 1. The van der Waals surface area contributed by atoms with Gasteiger partial charge >= 0.3 is 0 Å². The molecular weight excluding hydrogens is 276 g/mol. The largest absolute Gasteiger partial charge is 0.394 e. The van der Waals surface area contributed by atoms with Crippen molar-refractivity contribution in [3.8, 4) is 6.07 Å². The van der Waals surface area contributed by atoms with E-state index in [0.29, 0.717) is 17.9 Å². The molecule has 0 radical (unpaired) electrons. The molecule has 0 aliphatic rings. The van der Waals surface area contributed by atoms with Crippen molar-refractivity contribution in [2.24, 2.45) is 0 Å². The molecule has 1 aromatic heterocycles. The molecule has 0 saturated heterocycles. The smallest absolute Gasteiger partial charge is 0.293 e. The van der Waals surface area contributed by atoms with Crippen LogP contribution in [0.4, 0.5) is 11.4 Å². The molecule has 2 rings (SSSR count). The molecule has 0 amide bonds. The second-order valence-corrected chi connectivity index (χ2v) is 4.15. The van der Waals surface area contributed by atoms with Crippen molar-refractivity contribution in [3.63, 3.8) is 0 Å². The zero-order valence-corrected chi connectivity index (χ0v) is 10.9. The number of nitro groups is 1. The molecule has 1 heterocycles. The van der Waals surface area contributed by atoms with Crippen LogP contribution in [0.25, 0.3) is 0 Å². The van der Waals surface area contributed by atoms with Crippen molar-refractivity contribution in [1.82, 2.24) is 15.0 Å². The number of nitrogens with zero attached hydrogens (tertiary/aromatic N) is 5. The van der Waals surface area contributed by atoms with E-state index in [2.05, 4.69) is 15.6 Å². The van der Waals surface area contributed by atoms with Gasteiger partial charge in [-0.1, -0.05) is 5.21 Å². The summed E-state index contributed by atoms with van der Waals surface area (Å²) in [6, 6.07) is 6.05. The fourth-order valence-corrected chi connectivity index (χ4v) is 1.72. The van der Waals surface area contributed by atoms with Crippen molar-refractivity contribution in [2.75, 3.05) is 11.9 Å². The number of rotatable bonds is 6. The van der Waals surface area contributed by atoms with Gasteiger partial charge in [-0.3, -0.25) is 10.1 Å². The van der Waals surface area contributed by atoms with Crippen LogP contribution in [0.2, 0.25) is 0 Å². The Kier molecular flexibility index (Phi) is 4.43. The van der Waals surface area contributed by atoms with Crippen LogP contribution in [0.3, 0.4) is 0 Å². The lowest BCUT2D eigenvalue weighted by Crippen LogP contribution is -2.03. The lowest BCUT2D eigenvalue weighted by Gasteiger charge is -2.05. The summed E-state index contributed by atoms with van der Waals surface area (Å²) < 4.78 is 1.48. The highest BCUT2D eigenvalue weighted by atomic mass is 16.6. The van der Waals surface area contributed by atoms with Crippen LogP contribution in [0.1, 0.15) is 11.3 Å². The fraction of sp³-hybridized carbons (Fsp3) is 0.250. The van der Waals surface area contributed by atoms with E-state index in [9.17, 15) is 10.1 Å². The highest BCUT2D eigenvalue weighted by Crippen LogP contribution is 2.25. The molecule has 0 bridgehead atoms. The lowest BCUT2D eigenvalue weighted by atomic mass is 10.2. The first kappa shape index (κ1) is 14.4. The second-order valence-electron chi connectivity index (χ2n) is 4.15. The maximum absolute atomic E-state index is 11.0. The van der Waals surface area contributed by atoms with Gasteiger partial charge in [0.05, 0.1) is 42.4 Å². The van der Waals surface area contributed by atoms with Gasteiger partial charge in [-0.05, 0) is 12.1 Å². The van der Waals surface area contributed by atoms with Crippen molar-refractivity contribution in [3.05, 3.63) is 45.8 Å². The van der Waals surface area contributed by atoms with Gasteiger partial charge in [0.15, 0.2) is 0 Å². The summed E-state index contributed by atoms with van der Waals surface area (Å²) in [5.74, 6) is 0. The summed E-state index contributed by atoms with van der Waals surface area (Å²) in [4.78, 5) is 10.4. The van der Waals surface area contributed by atoms with Crippen molar-refractivity contribution < 1.29 is 10.0 Å². The van der Waals surface area contributed by atoms with Crippen LogP contribution >= 0.6 is 0 Å². The minimum Gasteiger partial charge on any atom is -0.394 e.